The van der Waals surface area contributed by atoms with Crippen LogP contribution in [0.4, 0.5) is 8.78 Å². The van der Waals surface area contributed by atoms with E-state index in [0.29, 0.717) is 6.54 Å². The summed E-state index contributed by atoms with van der Waals surface area (Å²) in [5, 5.41) is 0. The number of nitrogens with zero attached hydrogens (tertiary/aromatic N) is 1. The van der Waals surface area contributed by atoms with Crippen LogP contribution < -0.4 is 5.73 Å². The Bertz CT molecular complexity index is 435. The van der Waals surface area contributed by atoms with Gasteiger partial charge in [0.25, 0.3) is 0 Å². The molecule has 1 fully saturated rings. The van der Waals surface area contributed by atoms with Crippen LogP contribution in [0.15, 0.2) is 18.2 Å². The minimum Gasteiger partial charge on any atom is -0.381 e. The molecule has 0 spiro atoms. The van der Waals surface area contributed by atoms with Crippen molar-refractivity contribution in [3.63, 3.8) is 0 Å². The maximum Gasteiger partial charge on any atom is 0.130 e. The van der Waals surface area contributed by atoms with Crippen LogP contribution in [-0.4, -0.2) is 37.2 Å². The van der Waals surface area contributed by atoms with Crippen molar-refractivity contribution in [2.45, 2.75) is 38.0 Å². The number of halogens is 2. The number of piperidine rings is 1. The largest absolute Gasteiger partial charge is 0.381 e. The lowest BCUT2D eigenvalue weighted by atomic mass is 9.95. The fourth-order valence-corrected chi connectivity index (χ4v) is 3.06. The van der Waals surface area contributed by atoms with Crippen LogP contribution in [-0.2, 0) is 4.74 Å². The summed E-state index contributed by atoms with van der Waals surface area (Å²) in [4.78, 5) is 2.08. The van der Waals surface area contributed by atoms with E-state index < -0.39 is 11.6 Å². The van der Waals surface area contributed by atoms with Crippen molar-refractivity contribution >= 4 is 0 Å². The lowest BCUT2D eigenvalue weighted by molar-refractivity contribution is -0.00270. The molecule has 5 heteroatoms. The van der Waals surface area contributed by atoms with E-state index in [1.165, 1.54) is 18.2 Å². The SMILES string of the molecule is COC1CCN(C(C)c2c(F)cccc2F)C(CN)C1. The third-order valence-corrected chi connectivity index (χ3v) is 4.23. The van der Waals surface area contributed by atoms with Crippen LogP contribution in [0.5, 0.6) is 0 Å². The number of nitrogens with two attached hydrogens (primary N) is 1. The van der Waals surface area contributed by atoms with Gasteiger partial charge in [0.2, 0.25) is 0 Å². The number of rotatable bonds is 4. The van der Waals surface area contributed by atoms with Crippen molar-refractivity contribution in [1.82, 2.24) is 4.90 Å². The molecule has 2 rings (SSSR count). The molecule has 2 N–H and O–H groups in total. The van der Waals surface area contributed by atoms with Crippen molar-refractivity contribution in [2.24, 2.45) is 5.73 Å². The molecular formula is C15H22F2N2O. The fourth-order valence-electron chi connectivity index (χ4n) is 3.06. The third kappa shape index (κ3) is 3.00. The van der Waals surface area contributed by atoms with Crippen molar-refractivity contribution in [3.8, 4) is 0 Å². The quantitative estimate of drug-likeness (QED) is 0.923. The first-order valence-corrected chi connectivity index (χ1v) is 7.01. The normalized spacial score (nSPS) is 25.6. The van der Waals surface area contributed by atoms with E-state index >= 15 is 0 Å². The molecule has 0 saturated carbocycles. The van der Waals surface area contributed by atoms with Gasteiger partial charge in [0.1, 0.15) is 11.6 Å². The second-order valence-electron chi connectivity index (χ2n) is 5.32. The Morgan fingerprint density at radius 2 is 2.05 bits per heavy atom. The number of ether oxygens (including phenoxy) is 1. The minimum atomic E-state index is -0.498. The maximum atomic E-state index is 13.9. The van der Waals surface area contributed by atoms with Gasteiger partial charge in [-0.25, -0.2) is 8.78 Å². The number of hydrogen-bond donors (Lipinski definition) is 1. The third-order valence-electron chi connectivity index (χ3n) is 4.23. The molecule has 3 nitrogen and oxygen atoms in total. The van der Waals surface area contributed by atoms with E-state index in [2.05, 4.69) is 4.90 Å². The first-order chi connectivity index (χ1) is 9.58. The molecule has 1 saturated heterocycles. The van der Waals surface area contributed by atoms with Crippen LogP contribution in [0.1, 0.15) is 31.4 Å². The van der Waals surface area contributed by atoms with Gasteiger partial charge in [-0.3, -0.25) is 4.90 Å². The topological polar surface area (TPSA) is 38.5 Å². The van der Waals surface area contributed by atoms with Gasteiger partial charge in [-0.1, -0.05) is 6.07 Å². The molecule has 0 aliphatic carbocycles. The second-order valence-corrected chi connectivity index (χ2v) is 5.32. The van der Waals surface area contributed by atoms with E-state index in [0.717, 1.165) is 19.4 Å². The Morgan fingerprint density at radius 3 is 2.60 bits per heavy atom. The summed E-state index contributed by atoms with van der Waals surface area (Å²) in [5.41, 5.74) is 5.94. The van der Waals surface area contributed by atoms with Gasteiger partial charge in [-0.05, 0) is 31.9 Å². The average Bonchev–Trinajstić information content (AvgIpc) is 2.46. The smallest absolute Gasteiger partial charge is 0.130 e. The lowest BCUT2D eigenvalue weighted by Crippen LogP contribution is -2.49. The maximum absolute atomic E-state index is 13.9. The van der Waals surface area contributed by atoms with E-state index in [9.17, 15) is 8.78 Å². The van der Waals surface area contributed by atoms with E-state index in [-0.39, 0.29) is 23.8 Å². The summed E-state index contributed by atoms with van der Waals surface area (Å²) < 4.78 is 33.2. The second kappa shape index (κ2) is 6.61. The molecule has 0 amide bonds. The summed E-state index contributed by atoms with van der Waals surface area (Å²) in [6.45, 7) is 3.02. The molecule has 112 valence electrons. The van der Waals surface area contributed by atoms with Gasteiger partial charge < -0.3 is 10.5 Å². The molecule has 20 heavy (non-hydrogen) atoms. The Labute approximate surface area is 118 Å². The highest BCUT2D eigenvalue weighted by Gasteiger charge is 2.33. The highest BCUT2D eigenvalue weighted by Crippen LogP contribution is 2.31. The number of benzene rings is 1. The van der Waals surface area contributed by atoms with Gasteiger partial charge in [-0.2, -0.15) is 0 Å². The predicted octanol–water partition coefficient (Wildman–Crippen LogP) is 2.46. The summed E-state index contributed by atoms with van der Waals surface area (Å²) in [6.07, 6.45) is 1.83. The first kappa shape index (κ1) is 15.4. The molecule has 1 aliphatic heterocycles. The van der Waals surface area contributed by atoms with Crippen molar-refractivity contribution in [2.75, 3.05) is 20.2 Å². The highest BCUT2D eigenvalue weighted by molar-refractivity contribution is 5.23. The highest BCUT2D eigenvalue weighted by atomic mass is 19.1. The Kier molecular flexibility index (Phi) is 5.07. The van der Waals surface area contributed by atoms with Gasteiger partial charge >= 0.3 is 0 Å². The van der Waals surface area contributed by atoms with E-state index in [1.54, 1.807) is 7.11 Å². The predicted molar refractivity (Wildman–Crippen MR) is 74.4 cm³/mol. The van der Waals surface area contributed by atoms with Gasteiger partial charge in [-0.15, -0.1) is 0 Å². The molecule has 3 unspecified atom stereocenters. The van der Waals surface area contributed by atoms with Crippen LogP contribution >= 0.6 is 0 Å². The number of likely N-dealkylation sites (tertiary alicyclic amines) is 1. The molecule has 3 atom stereocenters. The zero-order valence-corrected chi connectivity index (χ0v) is 12.0. The Hall–Kier alpha value is -1.04. The van der Waals surface area contributed by atoms with Gasteiger partial charge in [0.15, 0.2) is 0 Å². The first-order valence-electron chi connectivity index (χ1n) is 7.01. The van der Waals surface area contributed by atoms with Crippen LogP contribution in [0.25, 0.3) is 0 Å². The fraction of sp³-hybridized carbons (Fsp3) is 0.600. The summed E-state index contributed by atoms with van der Waals surface area (Å²) >= 11 is 0. The van der Waals surface area contributed by atoms with Crippen LogP contribution in [0.3, 0.4) is 0 Å². The van der Waals surface area contributed by atoms with Crippen molar-refractivity contribution in [3.05, 3.63) is 35.4 Å². The number of methoxy groups -OCH3 is 1. The molecule has 1 aliphatic rings. The van der Waals surface area contributed by atoms with Crippen molar-refractivity contribution < 1.29 is 13.5 Å². The minimum absolute atomic E-state index is 0.0858. The standard InChI is InChI=1S/C15H22F2N2O/c1-10(15-13(16)4-3-5-14(15)17)19-7-6-12(20-2)8-11(19)9-18/h3-5,10-12H,6-9,18H2,1-2H3. The number of hydrogen-bond acceptors (Lipinski definition) is 3. The lowest BCUT2D eigenvalue weighted by Gasteiger charge is -2.42. The molecule has 1 heterocycles. The van der Waals surface area contributed by atoms with Crippen LogP contribution in [0.2, 0.25) is 0 Å². The monoisotopic (exact) mass is 284 g/mol. The van der Waals surface area contributed by atoms with Gasteiger partial charge in [0.05, 0.1) is 6.10 Å². The molecule has 0 bridgehead atoms. The summed E-state index contributed by atoms with van der Waals surface area (Å²) in [7, 11) is 1.69. The molecule has 1 aromatic carbocycles. The molecule has 0 aromatic heterocycles. The molecular weight excluding hydrogens is 262 g/mol. The average molecular weight is 284 g/mol. The van der Waals surface area contributed by atoms with Crippen LogP contribution in [0, 0.1) is 11.6 Å². The Morgan fingerprint density at radius 1 is 1.40 bits per heavy atom. The Balaban J connectivity index is 2.21. The molecule has 0 radical (unpaired) electrons. The van der Waals surface area contributed by atoms with E-state index in [1.807, 2.05) is 6.92 Å². The zero-order chi connectivity index (χ0) is 14.7. The summed E-state index contributed by atoms with van der Waals surface area (Å²) in [5.74, 6) is -0.996. The summed E-state index contributed by atoms with van der Waals surface area (Å²) in [6, 6.07) is 3.74. The van der Waals surface area contributed by atoms with Crippen molar-refractivity contribution in [1.29, 1.82) is 0 Å². The van der Waals surface area contributed by atoms with E-state index in [4.69, 9.17) is 10.5 Å². The zero-order valence-electron chi connectivity index (χ0n) is 12.0. The molecule has 1 aromatic rings. The van der Waals surface area contributed by atoms with Gasteiger partial charge in [0, 0.05) is 37.8 Å².